The van der Waals surface area contributed by atoms with Gasteiger partial charge in [-0.05, 0) is 51.1 Å². The molecule has 13 heteroatoms. The van der Waals surface area contributed by atoms with E-state index in [0.29, 0.717) is 24.3 Å². The number of nitrogens with one attached hydrogen (secondary N) is 1. The van der Waals surface area contributed by atoms with Crippen molar-refractivity contribution in [3.05, 3.63) is 23.5 Å². The zero-order valence-corrected chi connectivity index (χ0v) is 23.1. The largest absolute Gasteiger partial charge is 0.448 e. The van der Waals surface area contributed by atoms with E-state index in [4.69, 9.17) is 9.94 Å². The standard InChI is InChI=1S/C26H33N5O7S/c1-25(22(32)27-35,39(3,36)37)10-11-30-18-21-16-20(17-31(21)23(30)33)6-4-5-7-26(8-9-26)19-38-24(34)29-14-12-28(2)13-15-29/h16-17,35H,8-15,18-19H2,1-3H3,(H,27,32). The van der Waals surface area contributed by atoms with Gasteiger partial charge in [-0.25, -0.2) is 23.5 Å². The van der Waals surface area contributed by atoms with E-state index in [-0.39, 0.29) is 43.7 Å². The van der Waals surface area contributed by atoms with Gasteiger partial charge in [-0.3, -0.25) is 14.6 Å². The van der Waals surface area contributed by atoms with Crippen LogP contribution in [-0.4, -0.2) is 108 Å². The van der Waals surface area contributed by atoms with Gasteiger partial charge >= 0.3 is 12.1 Å². The maximum absolute atomic E-state index is 12.8. The summed E-state index contributed by atoms with van der Waals surface area (Å²) < 4.78 is 29.4. The van der Waals surface area contributed by atoms with Crippen LogP contribution in [-0.2, 0) is 25.9 Å². The molecule has 4 rings (SSSR count). The van der Waals surface area contributed by atoms with Gasteiger partial charge in [0.1, 0.15) is 6.61 Å². The lowest BCUT2D eigenvalue weighted by Gasteiger charge is -2.31. The Morgan fingerprint density at radius 3 is 2.49 bits per heavy atom. The molecule has 0 bridgehead atoms. The summed E-state index contributed by atoms with van der Waals surface area (Å²) in [7, 11) is -1.83. The summed E-state index contributed by atoms with van der Waals surface area (Å²) in [6.07, 6.45) is 3.72. The van der Waals surface area contributed by atoms with E-state index in [2.05, 4.69) is 28.6 Å². The number of hydrogen-bond acceptors (Lipinski definition) is 8. The van der Waals surface area contributed by atoms with Crippen molar-refractivity contribution in [1.29, 1.82) is 0 Å². The third-order valence-corrected chi connectivity index (χ3v) is 9.70. The Morgan fingerprint density at radius 2 is 1.90 bits per heavy atom. The first-order chi connectivity index (χ1) is 18.4. The van der Waals surface area contributed by atoms with Crippen LogP contribution in [0.4, 0.5) is 9.59 Å². The van der Waals surface area contributed by atoms with Gasteiger partial charge in [-0.2, -0.15) is 0 Å². The Hall–Kier alpha value is -3.52. The number of piperazine rings is 1. The van der Waals surface area contributed by atoms with E-state index in [9.17, 15) is 22.8 Å². The Morgan fingerprint density at radius 1 is 1.21 bits per heavy atom. The highest BCUT2D eigenvalue weighted by Gasteiger charge is 2.45. The monoisotopic (exact) mass is 559 g/mol. The zero-order valence-electron chi connectivity index (χ0n) is 22.3. The number of carbonyl (C=O) groups excluding carboxylic acids is 3. The first-order valence-corrected chi connectivity index (χ1v) is 14.5. The van der Waals surface area contributed by atoms with Crippen LogP contribution in [0.3, 0.4) is 0 Å². The van der Waals surface area contributed by atoms with Crippen molar-refractivity contribution in [2.45, 2.75) is 37.5 Å². The van der Waals surface area contributed by atoms with E-state index in [1.165, 1.54) is 21.9 Å². The van der Waals surface area contributed by atoms with Gasteiger partial charge in [0.15, 0.2) is 14.6 Å². The summed E-state index contributed by atoms with van der Waals surface area (Å²) in [6, 6.07) is 1.40. The van der Waals surface area contributed by atoms with Crippen LogP contribution >= 0.6 is 0 Å². The average molecular weight is 560 g/mol. The molecule has 2 aliphatic heterocycles. The SMILES string of the molecule is CN1CCN(C(=O)OCC2(C#CC#Cc3cc4n(c3)C(=O)N(CCC(C)(C(=O)NO)S(C)(=O)=O)C4)CC2)CC1. The third-order valence-electron chi connectivity index (χ3n) is 7.67. The number of fused-ring (bicyclic) bond motifs is 1. The van der Waals surface area contributed by atoms with Gasteiger partial charge in [0.25, 0.3) is 5.91 Å². The van der Waals surface area contributed by atoms with Crippen molar-refractivity contribution in [2.24, 2.45) is 5.41 Å². The number of carbonyl (C=O) groups is 3. The normalized spacial score (nSPS) is 19.6. The Labute approximate surface area is 228 Å². The van der Waals surface area contributed by atoms with E-state index in [1.807, 2.05) is 7.05 Å². The number of hydrogen-bond donors (Lipinski definition) is 2. The molecule has 1 unspecified atom stereocenters. The molecule has 1 aliphatic carbocycles. The molecule has 2 fully saturated rings. The highest BCUT2D eigenvalue weighted by molar-refractivity contribution is 7.92. The quantitative estimate of drug-likeness (QED) is 0.279. The van der Waals surface area contributed by atoms with Gasteiger partial charge in [0.2, 0.25) is 0 Å². The number of rotatable bonds is 7. The number of amides is 3. The molecule has 0 aromatic carbocycles. The molecule has 3 heterocycles. The van der Waals surface area contributed by atoms with E-state index in [1.54, 1.807) is 17.2 Å². The summed E-state index contributed by atoms with van der Waals surface area (Å²) in [4.78, 5) is 42.4. The molecule has 12 nitrogen and oxygen atoms in total. The van der Waals surface area contributed by atoms with Crippen molar-refractivity contribution < 1.29 is 32.7 Å². The molecular weight excluding hydrogens is 526 g/mol. The van der Waals surface area contributed by atoms with Crippen molar-refractivity contribution in [1.82, 2.24) is 24.7 Å². The number of hydroxylamine groups is 1. The fourth-order valence-corrected chi connectivity index (χ4v) is 5.25. The number of likely N-dealkylation sites (N-methyl/N-ethyl adjacent to an activating group) is 1. The second kappa shape index (κ2) is 10.9. The predicted octanol–water partition coefficient (Wildman–Crippen LogP) is 0.490. The molecule has 1 aromatic heterocycles. The predicted molar refractivity (Wildman–Crippen MR) is 140 cm³/mol. The Balaban J connectivity index is 1.30. The highest BCUT2D eigenvalue weighted by atomic mass is 32.2. The Bertz CT molecular complexity index is 1380. The number of sulfone groups is 1. The first-order valence-electron chi connectivity index (χ1n) is 12.7. The number of nitrogens with zero attached hydrogens (tertiary/aromatic N) is 4. The lowest BCUT2D eigenvalue weighted by molar-refractivity contribution is -0.131. The van der Waals surface area contributed by atoms with Crippen LogP contribution in [0.5, 0.6) is 0 Å². The molecule has 0 radical (unpaired) electrons. The first kappa shape index (κ1) is 28.5. The molecular formula is C26H33N5O7S. The maximum Gasteiger partial charge on any atom is 0.409 e. The van der Waals surface area contributed by atoms with E-state index >= 15 is 0 Å². The molecule has 210 valence electrons. The minimum Gasteiger partial charge on any atom is -0.448 e. The summed E-state index contributed by atoms with van der Waals surface area (Å²) in [6.45, 7) is 4.66. The summed E-state index contributed by atoms with van der Waals surface area (Å²) in [5, 5.41) is 8.97. The van der Waals surface area contributed by atoms with Crippen molar-refractivity contribution in [3.8, 4) is 23.7 Å². The second-order valence-electron chi connectivity index (χ2n) is 10.6. The van der Waals surface area contributed by atoms with Gasteiger partial charge in [0.05, 0.1) is 12.0 Å². The lowest BCUT2D eigenvalue weighted by atomic mass is 10.1. The van der Waals surface area contributed by atoms with Gasteiger partial charge < -0.3 is 19.4 Å². The van der Waals surface area contributed by atoms with E-state index < -0.39 is 20.5 Å². The van der Waals surface area contributed by atoms with Crippen molar-refractivity contribution >= 4 is 27.9 Å². The fourth-order valence-electron chi connectivity index (χ4n) is 4.40. The minimum atomic E-state index is -3.86. The summed E-state index contributed by atoms with van der Waals surface area (Å²) in [5.74, 6) is 10.7. The molecule has 3 aliphatic rings. The minimum absolute atomic E-state index is 0.00541. The van der Waals surface area contributed by atoms with Crippen LogP contribution < -0.4 is 5.48 Å². The second-order valence-corrected chi connectivity index (χ2v) is 13.1. The van der Waals surface area contributed by atoms with Crippen molar-refractivity contribution in [2.75, 3.05) is 52.6 Å². The zero-order chi connectivity index (χ0) is 28.4. The average Bonchev–Trinajstić information content (AvgIpc) is 3.46. The molecule has 2 N–H and O–H groups in total. The van der Waals surface area contributed by atoms with E-state index in [0.717, 1.165) is 32.2 Å². The molecule has 1 atom stereocenters. The fraction of sp³-hybridized carbons (Fsp3) is 0.577. The van der Waals surface area contributed by atoms with Crippen LogP contribution in [0.25, 0.3) is 0 Å². The van der Waals surface area contributed by atoms with Gasteiger partial charge in [0, 0.05) is 56.4 Å². The molecule has 3 amide bonds. The third kappa shape index (κ3) is 6.22. The molecule has 1 aromatic rings. The lowest BCUT2D eigenvalue weighted by Crippen LogP contribution is -2.50. The smallest absolute Gasteiger partial charge is 0.409 e. The topological polar surface area (TPSA) is 141 Å². The van der Waals surface area contributed by atoms with Crippen LogP contribution in [0.15, 0.2) is 12.3 Å². The number of aromatic nitrogens is 1. The highest BCUT2D eigenvalue weighted by Crippen LogP contribution is 2.45. The maximum atomic E-state index is 12.8. The van der Waals surface area contributed by atoms with Crippen LogP contribution in [0.2, 0.25) is 0 Å². The van der Waals surface area contributed by atoms with Crippen LogP contribution in [0, 0.1) is 29.1 Å². The number of ether oxygens (including phenoxy) is 1. The molecule has 0 spiro atoms. The molecule has 39 heavy (non-hydrogen) atoms. The molecule has 1 saturated carbocycles. The van der Waals surface area contributed by atoms with Crippen LogP contribution in [0.1, 0.15) is 37.4 Å². The van der Waals surface area contributed by atoms with Gasteiger partial charge in [-0.15, -0.1) is 0 Å². The summed E-state index contributed by atoms with van der Waals surface area (Å²) in [5.41, 5.74) is 2.35. The Kier molecular flexibility index (Phi) is 7.98. The molecule has 1 saturated heterocycles. The van der Waals surface area contributed by atoms with Gasteiger partial charge in [-0.1, -0.05) is 11.8 Å². The summed E-state index contributed by atoms with van der Waals surface area (Å²) >= 11 is 0. The van der Waals surface area contributed by atoms with Crippen molar-refractivity contribution in [3.63, 3.8) is 0 Å².